The monoisotopic (exact) mass is 779 g/mol. The molecule has 0 N–H and O–H groups in total. The average Bonchev–Trinajstić information content (AvgIpc) is 3.17. The molecule has 326 valence electrons. The molecule has 6 heteroatoms. The summed E-state index contributed by atoms with van der Waals surface area (Å²) in [5.74, 6) is -0.0229. The highest BCUT2D eigenvalue weighted by atomic mass is 16.6. The minimum Gasteiger partial charge on any atom is -0.462 e. The van der Waals surface area contributed by atoms with Crippen molar-refractivity contribution < 1.29 is 28.6 Å². The summed E-state index contributed by atoms with van der Waals surface area (Å²) in [6.07, 6.45) is 43.8. The molecule has 0 aromatic carbocycles. The second-order valence-corrected chi connectivity index (χ2v) is 17.2. The molecule has 0 heterocycles. The lowest BCUT2D eigenvalue weighted by Crippen LogP contribution is -2.30. The summed E-state index contributed by atoms with van der Waals surface area (Å²) in [5.41, 5.74) is 0. The van der Waals surface area contributed by atoms with Gasteiger partial charge in [0.1, 0.15) is 13.2 Å². The van der Waals surface area contributed by atoms with Crippen molar-refractivity contribution in [2.45, 2.75) is 278 Å². The van der Waals surface area contributed by atoms with Crippen molar-refractivity contribution in [2.75, 3.05) is 13.2 Å². The van der Waals surface area contributed by atoms with Crippen molar-refractivity contribution in [3.63, 3.8) is 0 Å². The van der Waals surface area contributed by atoms with Crippen LogP contribution < -0.4 is 0 Å². The number of hydrogen-bond donors (Lipinski definition) is 0. The van der Waals surface area contributed by atoms with Gasteiger partial charge in [0.25, 0.3) is 0 Å². The lowest BCUT2D eigenvalue weighted by molar-refractivity contribution is -0.167. The van der Waals surface area contributed by atoms with Crippen LogP contribution in [0.5, 0.6) is 0 Å². The number of carbonyl (C=O) groups excluding carboxylic acids is 3. The fourth-order valence-electron chi connectivity index (χ4n) is 7.33. The van der Waals surface area contributed by atoms with Crippen molar-refractivity contribution in [3.8, 4) is 0 Å². The van der Waals surface area contributed by atoms with Gasteiger partial charge in [-0.3, -0.25) is 14.4 Å². The Bertz CT molecular complexity index is 826. The predicted molar refractivity (Wildman–Crippen MR) is 233 cm³/mol. The molecule has 0 aliphatic heterocycles. The van der Waals surface area contributed by atoms with E-state index in [0.717, 1.165) is 63.7 Å². The van der Waals surface area contributed by atoms with E-state index in [4.69, 9.17) is 14.2 Å². The molecule has 0 spiro atoms. The Hall–Kier alpha value is -1.59. The standard InChI is InChI=1S/C49H94O6/c1-5-7-9-11-13-14-15-16-17-18-22-25-29-33-37-41-48(51)54-44-46(43-53-47(50)40-36-32-27-12-10-8-6-2)55-49(52)42-38-34-30-26-23-20-19-21-24-28-31-35-39-45(3)4/h45-46H,5-44H2,1-4H3/t46-/m1/s1. The Labute approximate surface area is 342 Å². The number of rotatable bonds is 44. The van der Waals surface area contributed by atoms with E-state index >= 15 is 0 Å². The van der Waals surface area contributed by atoms with Crippen LogP contribution >= 0.6 is 0 Å². The highest BCUT2D eigenvalue weighted by Crippen LogP contribution is 2.17. The van der Waals surface area contributed by atoms with E-state index < -0.39 is 6.10 Å². The fraction of sp³-hybridized carbons (Fsp3) is 0.939. The van der Waals surface area contributed by atoms with Crippen molar-refractivity contribution >= 4 is 17.9 Å². The van der Waals surface area contributed by atoms with Crippen LogP contribution in [0.4, 0.5) is 0 Å². The molecule has 0 amide bonds. The molecule has 0 saturated carbocycles. The first-order chi connectivity index (χ1) is 26.9. The maximum absolute atomic E-state index is 12.7. The van der Waals surface area contributed by atoms with Crippen LogP contribution in [0.1, 0.15) is 272 Å². The van der Waals surface area contributed by atoms with E-state index in [1.54, 1.807) is 0 Å². The zero-order valence-electron chi connectivity index (χ0n) is 37.4. The Morgan fingerprint density at radius 3 is 0.891 bits per heavy atom. The molecule has 0 radical (unpaired) electrons. The molecular formula is C49H94O6. The second kappa shape index (κ2) is 43.5. The minimum absolute atomic E-state index is 0.0635. The maximum Gasteiger partial charge on any atom is 0.306 e. The van der Waals surface area contributed by atoms with Gasteiger partial charge < -0.3 is 14.2 Å². The minimum atomic E-state index is -0.759. The zero-order chi connectivity index (χ0) is 40.3. The summed E-state index contributed by atoms with van der Waals surface area (Å²) >= 11 is 0. The third kappa shape index (κ3) is 43.4. The van der Waals surface area contributed by atoms with Crippen LogP contribution in [0.2, 0.25) is 0 Å². The largest absolute Gasteiger partial charge is 0.462 e. The normalized spacial score (nSPS) is 11.9. The highest BCUT2D eigenvalue weighted by Gasteiger charge is 2.19. The Kier molecular flexibility index (Phi) is 42.3. The molecule has 55 heavy (non-hydrogen) atoms. The second-order valence-electron chi connectivity index (χ2n) is 17.2. The molecule has 1 atom stereocenters. The Morgan fingerprint density at radius 2 is 0.600 bits per heavy atom. The van der Waals surface area contributed by atoms with Crippen LogP contribution in [0.3, 0.4) is 0 Å². The molecule has 6 nitrogen and oxygen atoms in total. The average molecular weight is 779 g/mol. The van der Waals surface area contributed by atoms with E-state index in [1.807, 2.05) is 0 Å². The van der Waals surface area contributed by atoms with Crippen LogP contribution in [0, 0.1) is 5.92 Å². The molecule has 0 aromatic rings. The maximum atomic E-state index is 12.7. The van der Waals surface area contributed by atoms with Crippen LogP contribution in [0.25, 0.3) is 0 Å². The highest BCUT2D eigenvalue weighted by molar-refractivity contribution is 5.71. The van der Waals surface area contributed by atoms with Gasteiger partial charge in [-0.2, -0.15) is 0 Å². The van der Waals surface area contributed by atoms with Crippen molar-refractivity contribution in [2.24, 2.45) is 5.92 Å². The zero-order valence-corrected chi connectivity index (χ0v) is 37.4. The number of carbonyl (C=O) groups is 3. The SMILES string of the molecule is CCCCCCCCCCCCCCCCCC(=O)OC[C@@H](COC(=O)CCCCCCCCC)OC(=O)CCCCCCCCCCCCCCC(C)C. The summed E-state index contributed by atoms with van der Waals surface area (Å²) in [7, 11) is 0. The number of hydrogen-bond acceptors (Lipinski definition) is 6. The van der Waals surface area contributed by atoms with Crippen molar-refractivity contribution in [1.29, 1.82) is 0 Å². The molecule has 0 unspecified atom stereocenters. The lowest BCUT2D eigenvalue weighted by atomic mass is 10.0. The van der Waals surface area contributed by atoms with Crippen LogP contribution in [-0.2, 0) is 28.6 Å². The van der Waals surface area contributed by atoms with Crippen LogP contribution in [-0.4, -0.2) is 37.2 Å². The van der Waals surface area contributed by atoms with Gasteiger partial charge in [0.05, 0.1) is 0 Å². The number of ether oxygens (including phenoxy) is 3. The molecule has 0 aliphatic carbocycles. The predicted octanol–water partition coefficient (Wildman–Crippen LogP) is 15.5. The van der Waals surface area contributed by atoms with Gasteiger partial charge in [-0.25, -0.2) is 0 Å². The fourth-order valence-corrected chi connectivity index (χ4v) is 7.33. The summed E-state index contributed by atoms with van der Waals surface area (Å²) < 4.78 is 16.7. The molecule has 0 saturated heterocycles. The molecule has 0 rings (SSSR count). The summed E-state index contributed by atoms with van der Waals surface area (Å²) in [4.78, 5) is 37.7. The van der Waals surface area contributed by atoms with Crippen LogP contribution in [0.15, 0.2) is 0 Å². The van der Waals surface area contributed by atoms with E-state index in [9.17, 15) is 14.4 Å². The van der Waals surface area contributed by atoms with E-state index in [1.165, 1.54) is 167 Å². The number of unbranched alkanes of at least 4 members (excludes halogenated alkanes) is 31. The topological polar surface area (TPSA) is 78.9 Å². The van der Waals surface area contributed by atoms with Gasteiger partial charge in [-0.1, -0.05) is 233 Å². The smallest absolute Gasteiger partial charge is 0.306 e. The van der Waals surface area contributed by atoms with Gasteiger partial charge in [0.2, 0.25) is 0 Å². The molecule has 0 fully saturated rings. The summed E-state index contributed by atoms with van der Waals surface area (Å²) in [6.45, 7) is 8.98. The Morgan fingerprint density at radius 1 is 0.345 bits per heavy atom. The first kappa shape index (κ1) is 53.4. The van der Waals surface area contributed by atoms with Crippen molar-refractivity contribution in [3.05, 3.63) is 0 Å². The first-order valence-electron chi connectivity index (χ1n) is 24.4. The van der Waals surface area contributed by atoms with Gasteiger partial charge in [0.15, 0.2) is 6.10 Å². The summed E-state index contributed by atoms with van der Waals surface area (Å²) in [6, 6.07) is 0. The quantitative estimate of drug-likeness (QED) is 0.0348. The summed E-state index contributed by atoms with van der Waals surface area (Å²) in [5, 5.41) is 0. The van der Waals surface area contributed by atoms with Gasteiger partial charge >= 0.3 is 17.9 Å². The first-order valence-corrected chi connectivity index (χ1v) is 24.4. The van der Waals surface area contributed by atoms with E-state index in [2.05, 4.69) is 27.7 Å². The Balaban J connectivity index is 4.23. The van der Waals surface area contributed by atoms with Gasteiger partial charge in [-0.15, -0.1) is 0 Å². The molecule has 0 aromatic heterocycles. The number of esters is 3. The van der Waals surface area contributed by atoms with E-state index in [0.29, 0.717) is 19.3 Å². The van der Waals surface area contributed by atoms with Gasteiger partial charge in [0, 0.05) is 19.3 Å². The molecular weight excluding hydrogens is 685 g/mol. The third-order valence-corrected chi connectivity index (χ3v) is 11.0. The van der Waals surface area contributed by atoms with Gasteiger partial charge in [-0.05, 0) is 25.2 Å². The third-order valence-electron chi connectivity index (χ3n) is 11.0. The molecule has 0 aliphatic rings. The van der Waals surface area contributed by atoms with Crippen molar-refractivity contribution in [1.82, 2.24) is 0 Å². The lowest BCUT2D eigenvalue weighted by Gasteiger charge is -2.18. The molecule has 0 bridgehead atoms. The van der Waals surface area contributed by atoms with E-state index in [-0.39, 0.29) is 31.1 Å².